The van der Waals surface area contributed by atoms with Gasteiger partial charge in [0.05, 0.1) is 26.4 Å². The van der Waals surface area contributed by atoms with E-state index in [2.05, 4.69) is 203 Å². The Labute approximate surface area is 827 Å². The molecule has 4 N–H and O–H groups in total. The van der Waals surface area contributed by atoms with Gasteiger partial charge in [-0.15, -0.1) is 0 Å². The number of carbonyl (C=O) groups is 3. The van der Waals surface area contributed by atoms with E-state index in [1.807, 2.05) is 0 Å². The van der Waals surface area contributed by atoms with Crippen LogP contribution in [0.15, 0.2) is 182 Å². The van der Waals surface area contributed by atoms with Crippen LogP contribution in [0.3, 0.4) is 0 Å². The zero-order valence-corrected chi connectivity index (χ0v) is 88.1. The molecule has 0 saturated carbocycles. The molecule has 5 unspecified atom stereocenters. The minimum absolute atomic E-state index is 0.104. The lowest BCUT2D eigenvalue weighted by Crippen LogP contribution is -2.30. The minimum atomic E-state index is -4.95. The average molecular weight is 1930 g/mol. The lowest BCUT2D eigenvalue weighted by molar-refractivity contribution is -0.161. The first kappa shape index (κ1) is 130. The molecule has 135 heavy (non-hydrogen) atoms. The van der Waals surface area contributed by atoms with Crippen LogP contribution in [0.25, 0.3) is 0 Å². The fourth-order valence-corrected chi connectivity index (χ4v) is 17.0. The maximum Gasteiger partial charge on any atom is 0.472 e. The van der Waals surface area contributed by atoms with Gasteiger partial charge in [0.25, 0.3) is 0 Å². The van der Waals surface area contributed by atoms with Crippen LogP contribution in [0.4, 0.5) is 0 Å². The number of unbranched alkanes of at least 4 members (excludes halogenated alkanes) is 51. The number of hydrogen-bond acceptors (Lipinski definition) is 14. The number of ether oxygens (including phenoxy) is 3. The SMILES string of the molecule is CC/C=C\C/C=C\C/C=C\C/C=C\C/C=C\CCCCCCCCCCCCCCCCCCCC(=O)OCC(O)COP(=O)(O)OCC(O)COP(=O)(O)OCC(COC(=O)CCCCCCCCCCCCCCCCCCC/C=C\C/C=C\C/C=C\C/C=C\C/C=C\CC)OC(=O)CCCCCCCCCCCCCCCCCCC/C=C\C/C=C\C/C=C\C/C=C\C/C=C\CC. The Bertz CT molecular complexity index is 3190. The van der Waals surface area contributed by atoms with Gasteiger partial charge in [-0.25, -0.2) is 9.13 Å². The highest BCUT2D eigenvalue weighted by molar-refractivity contribution is 7.47. The fraction of sp³-hybridized carbons (Fsp3) is 0.718. The standard InChI is InChI=1S/C117H202O16P2/c1-4-7-10-13-16-19-22-25-28-31-34-37-40-43-46-49-52-55-58-61-64-67-70-73-76-79-82-85-88-91-94-97-100-103-115(120)127-106-112(118)107-129-134(123,124)130-108-113(119)109-131-135(125,126)132-111-114(133-117(122)105-102-99-96-93-90-87-84-81-78-75-72-69-66-63-60-57-54-51-48-45-42-39-36-33-30-27-24-21-18-15-12-9-6-3)110-128-116(121)104-101-98-95-92-89-86-83-80-77-74-71-68-65-62-59-56-53-50-47-44-41-38-35-32-29-26-23-20-17-14-11-8-5-2/h7-12,16-21,25-30,34-39,43-48,112-114,118-119H,4-6,13-15,22-24,31-33,40-42,49-111H2,1-3H3,(H,123,124)(H,125,126)/b10-7-,11-8-,12-9-,19-16-,20-17-,21-18-,28-25-,29-26-,30-27-,37-34-,38-35-,39-36-,46-43-,47-44-,48-45-. The molecule has 5 atom stereocenters. The zero-order chi connectivity index (χ0) is 97.8. The third kappa shape index (κ3) is 109. The zero-order valence-electron chi connectivity index (χ0n) is 86.3. The molecule has 0 radical (unpaired) electrons. The molecule has 0 rings (SSSR count). The summed E-state index contributed by atoms with van der Waals surface area (Å²) in [7, 11) is -9.82. The molecule has 0 aromatic rings. The van der Waals surface area contributed by atoms with E-state index in [9.17, 15) is 43.5 Å². The molecule has 0 amide bonds. The molecule has 0 bridgehead atoms. The van der Waals surface area contributed by atoms with E-state index in [0.29, 0.717) is 19.3 Å². The number of allylic oxidation sites excluding steroid dienone is 30. The van der Waals surface area contributed by atoms with Gasteiger partial charge >= 0.3 is 33.6 Å². The number of esters is 3. The van der Waals surface area contributed by atoms with Crippen molar-refractivity contribution < 1.29 is 75.8 Å². The van der Waals surface area contributed by atoms with Crippen molar-refractivity contribution in [1.29, 1.82) is 0 Å². The summed E-state index contributed by atoms with van der Waals surface area (Å²) in [6.45, 7) is 2.44. The molecule has 0 spiro atoms. The van der Waals surface area contributed by atoms with Crippen molar-refractivity contribution in [2.75, 3.05) is 39.6 Å². The number of hydrogen-bond donors (Lipinski definition) is 4. The Morgan fingerprint density at radius 3 is 0.585 bits per heavy atom. The van der Waals surface area contributed by atoms with Gasteiger partial charge in [0.15, 0.2) is 6.10 Å². The monoisotopic (exact) mass is 1930 g/mol. The summed E-state index contributed by atoms with van der Waals surface area (Å²) in [6.07, 6.45) is 144. The highest BCUT2D eigenvalue weighted by Crippen LogP contribution is 2.45. The Hall–Kier alpha value is -5.35. The van der Waals surface area contributed by atoms with Crippen LogP contribution in [0.2, 0.25) is 0 Å². The number of aliphatic hydroxyl groups is 2. The summed E-state index contributed by atoms with van der Waals surface area (Å²) in [4.78, 5) is 59.4. The number of rotatable bonds is 104. The smallest absolute Gasteiger partial charge is 0.463 e. The number of aliphatic hydroxyl groups excluding tert-OH is 2. The lowest BCUT2D eigenvalue weighted by Gasteiger charge is -2.21. The normalized spacial score (nSPS) is 14.3. The van der Waals surface area contributed by atoms with Crippen molar-refractivity contribution in [3.63, 3.8) is 0 Å². The Balaban J connectivity index is 4.60. The molecule has 0 saturated heterocycles. The van der Waals surface area contributed by atoms with Crippen LogP contribution >= 0.6 is 15.6 Å². The number of phosphoric acid groups is 2. The molecule has 0 aromatic carbocycles. The lowest BCUT2D eigenvalue weighted by atomic mass is 10.0. The van der Waals surface area contributed by atoms with Crippen LogP contribution in [-0.2, 0) is 55.8 Å². The molecular weight excluding hydrogens is 1720 g/mol. The Morgan fingerprint density at radius 1 is 0.207 bits per heavy atom. The van der Waals surface area contributed by atoms with E-state index in [0.717, 1.165) is 161 Å². The van der Waals surface area contributed by atoms with Gasteiger partial charge in [0.1, 0.15) is 25.4 Å². The highest BCUT2D eigenvalue weighted by atomic mass is 31.2. The van der Waals surface area contributed by atoms with Crippen LogP contribution in [-0.4, -0.2) is 95.9 Å². The van der Waals surface area contributed by atoms with Gasteiger partial charge in [-0.2, -0.15) is 0 Å². The number of carbonyl (C=O) groups excluding carboxylic acids is 3. The van der Waals surface area contributed by atoms with Crippen molar-refractivity contribution in [1.82, 2.24) is 0 Å². The van der Waals surface area contributed by atoms with Gasteiger partial charge in [0.2, 0.25) is 0 Å². The Kier molecular flexibility index (Phi) is 103. The van der Waals surface area contributed by atoms with Crippen molar-refractivity contribution >= 4 is 33.6 Å². The second kappa shape index (κ2) is 107. The van der Waals surface area contributed by atoms with Gasteiger partial charge < -0.3 is 34.2 Å². The average Bonchev–Trinajstić information content (AvgIpc) is 0.891. The molecule has 776 valence electrons. The summed E-state index contributed by atoms with van der Waals surface area (Å²) >= 11 is 0. The van der Waals surface area contributed by atoms with E-state index in [1.54, 1.807) is 0 Å². The minimum Gasteiger partial charge on any atom is -0.463 e. The van der Waals surface area contributed by atoms with Crippen molar-refractivity contribution in [3.8, 4) is 0 Å². The first-order valence-electron chi connectivity index (χ1n) is 55.1. The van der Waals surface area contributed by atoms with Crippen LogP contribution < -0.4 is 0 Å². The van der Waals surface area contributed by atoms with Crippen molar-refractivity contribution in [3.05, 3.63) is 182 Å². The molecule has 0 aromatic heterocycles. The van der Waals surface area contributed by atoms with E-state index < -0.39 is 91.5 Å². The second-order valence-corrected chi connectivity index (χ2v) is 39.6. The summed E-state index contributed by atoms with van der Waals surface area (Å²) in [5.74, 6) is -1.55. The molecule has 0 aliphatic carbocycles. The molecule has 16 nitrogen and oxygen atoms in total. The van der Waals surface area contributed by atoms with E-state index in [1.165, 1.54) is 263 Å². The van der Waals surface area contributed by atoms with E-state index >= 15 is 0 Å². The predicted octanol–water partition coefficient (Wildman–Crippen LogP) is 35.5. The molecule has 18 heteroatoms. The first-order valence-corrected chi connectivity index (χ1v) is 58.1. The van der Waals surface area contributed by atoms with Crippen LogP contribution in [0, 0.1) is 0 Å². The van der Waals surface area contributed by atoms with Gasteiger partial charge in [-0.3, -0.25) is 32.5 Å². The first-order chi connectivity index (χ1) is 66.2. The van der Waals surface area contributed by atoms with Crippen molar-refractivity contribution in [2.24, 2.45) is 0 Å². The molecule has 0 fully saturated rings. The topological polar surface area (TPSA) is 231 Å². The molecule has 0 heterocycles. The fourth-order valence-electron chi connectivity index (χ4n) is 15.4. The summed E-state index contributed by atoms with van der Waals surface area (Å²) in [5.41, 5.74) is 0. The Morgan fingerprint density at radius 2 is 0.370 bits per heavy atom. The predicted molar refractivity (Wildman–Crippen MR) is 574 cm³/mol. The summed E-state index contributed by atoms with van der Waals surface area (Å²) in [5, 5.41) is 20.8. The van der Waals surface area contributed by atoms with Crippen LogP contribution in [0.1, 0.15) is 483 Å². The third-order valence-electron chi connectivity index (χ3n) is 23.6. The van der Waals surface area contributed by atoms with Crippen LogP contribution in [0.5, 0.6) is 0 Å². The molecule has 0 aliphatic heterocycles. The largest absolute Gasteiger partial charge is 0.472 e. The number of phosphoric ester groups is 2. The van der Waals surface area contributed by atoms with E-state index in [4.69, 9.17) is 32.3 Å². The quantitative estimate of drug-likeness (QED) is 0.0146. The molecule has 0 aliphatic rings. The molecular formula is C117H202O16P2. The van der Waals surface area contributed by atoms with Gasteiger partial charge in [0, 0.05) is 19.3 Å². The van der Waals surface area contributed by atoms with Crippen molar-refractivity contribution in [2.45, 2.75) is 501 Å². The van der Waals surface area contributed by atoms with Gasteiger partial charge in [-0.05, 0) is 154 Å². The highest BCUT2D eigenvalue weighted by Gasteiger charge is 2.30. The maximum absolute atomic E-state index is 13.2. The van der Waals surface area contributed by atoms with Gasteiger partial charge in [-0.1, -0.05) is 492 Å². The summed E-state index contributed by atoms with van der Waals surface area (Å²) in [6, 6.07) is 0. The third-order valence-corrected chi connectivity index (χ3v) is 25.5. The summed E-state index contributed by atoms with van der Waals surface area (Å²) < 4.78 is 61.9. The second-order valence-electron chi connectivity index (χ2n) is 36.7. The maximum atomic E-state index is 13.2. The van der Waals surface area contributed by atoms with E-state index in [-0.39, 0.29) is 19.3 Å².